The van der Waals surface area contributed by atoms with Crippen molar-refractivity contribution in [2.45, 2.75) is 0 Å². The van der Waals surface area contributed by atoms with E-state index in [1.165, 1.54) is 13.2 Å². The molecule has 0 spiro atoms. The van der Waals surface area contributed by atoms with Crippen LogP contribution in [0.25, 0.3) is 6.08 Å². The Morgan fingerprint density at radius 2 is 1.90 bits per heavy atom. The number of nitrogens with zero attached hydrogens (tertiary/aromatic N) is 1. The highest BCUT2D eigenvalue weighted by Crippen LogP contribution is 2.04. The molecule has 0 aliphatic heterocycles. The molecule has 0 N–H and O–H groups in total. The van der Waals surface area contributed by atoms with Crippen molar-refractivity contribution in [3.8, 4) is 11.8 Å². The van der Waals surface area contributed by atoms with Gasteiger partial charge in [-0.1, -0.05) is 30.0 Å². The average Bonchev–Trinajstić information content (AvgIpc) is 2.52. The number of pyridine rings is 1. The second-order valence-electron chi connectivity index (χ2n) is 3.98. The van der Waals surface area contributed by atoms with Gasteiger partial charge in [0.1, 0.15) is 0 Å². The number of methoxy groups -OCH3 is 1. The number of hydrogen-bond acceptors (Lipinski definition) is 3. The molecule has 0 radical (unpaired) electrons. The molecule has 0 aliphatic rings. The van der Waals surface area contributed by atoms with Crippen molar-refractivity contribution >= 4 is 12.0 Å². The van der Waals surface area contributed by atoms with E-state index in [1.54, 1.807) is 18.5 Å². The van der Waals surface area contributed by atoms with E-state index >= 15 is 0 Å². The van der Waals surface area contributed by atoms with Crippen LogP contribution in [-0.4, -0.2) is 18.1 Å². The molecule has 0 aliphatic carbocycles. The summed E-state index contributed by atoms with van der Waals surface area (Å²) in [6.07, 6.45) is 6.34. The molecule has 3 heteroatoms. The highest BCUT2D eigenvalue weighted by molar-refractivity contribution is 5.86. The van der Waals surface area contributed by atoms with Crippen LogP contribution in [0.4, 0.5) is 0 Å². The van der Waals surface area contributed by atoms with Gasteiger partial charge in [0.15, 0.2) is 0 Å². The van der Waals surface area contributed by atoms with Gasteiger partial charge in [0.2, 0.25) is 0 Å². The van der Waals surface area contributed by atoms with Crippen molar-refractivity contribution in [1.29, 1.82) is 0 Å². The van der Waals surface area contributed by atoms with E-state index in [-0.39, 0.29) is 0 Å². The number of ether oxygens (including phenoxy) is 1. The summed E-state index contributed by atoms with van der Waals surface area (Å²) < 4.78 is 4.53. The van der Waals surface area contributed by atoms with Crippen LogP contribution < -0.4 is 0 Å². The molecule has 0 bridgehead atoms. The van der Waals surface area contributed by atoms with Crippen LogP contribution >= 0.6 is 0 Å². The Hall–Kier alpha value is -2.86. The normalized spacial score (nSPS) is 9.85. The zero-order chi connectivity index (χ0) is 14.2. The van der Waals surface area contributed by atoms with Crippen LogP contribution in [0.5, 0.6) is 0 Å². The fraction of sp³-hybridized carbons (Fsp3) is 0.0588. The van der Waals surface area contributed by atoms with Crippen molar-refractivity contribution in [3.63, 3.8) is 0 Å². The number of carbonyl (C=O) groups is 1. The summed E-state index contributed by atoms with van der Waals surface area (Å²) in [5.74, 6) is 5.70. The van der Waals surface area contributed by atoms with E-state index in [4.69, 9.17) is 0 Å². The summed E-state index contributed by atoms with van der Waals surface area (Å²) in [7, 11) is 1.34. The molecule has 1 aromatic heterocycles. The number of aromatic nitrogens is 1. The van der Waals surface area contributed by atoms with Gasteiger partial charge in [0.05, 0.1) is 7.11 Å². The van der Waals surface area contributed by atoms with Crippen LogP contribution in [0.2, 0.25) is 0 Å². The van der Waals surface area contributed by atoms with Crippen LogP contribution in [0, 0.1) is 11.8 Å². The van der Waals surface area contributed by atoms with Crippen molar-refractivity contribution in [3.05, 3.63) is 71.6 Å². The second-order valence-corrected chi connectivity index (χ2v) is 3.98. The predicted octanol–water partition coefficient (Wildman–Crippen LogP) is 2.67. The van der Waals surface area contributed by atoms with Crippen LogP contribution in [0.15, 0.2) is 54.9 Å². The molecule has 0 atom stereocenters. The van der Waals surface area contributed by atoms with E-state index in [0.717, 1.165) is 16.7 Å². The van der Waals surface area contributed by atoms with Crippen molar-refractivity contribution in [1.82, 2.24) is 4.98 Å². The zero-order valence-electron chi connectivity index (χ0n) is 11.0. The molecule has 20 heavy (non-hydrogen) atoms. The largest absolute Gasteiger partial charge is 0.466 e. The lowest BCUT2D eigenvalue weighted by Crippen LogP contribution is -1.93. The highest BCUT2D eigenvalue weighted by Gasteiger charge is 1.94. The first-order valence-corrected chi connectivity index (χ1v) is 6.06. The maximum absolute atomic E-state index is 11.0. The summed E-state index contributed by atoms with van der Waals surface area (Å²) in [6.45, 7) is 0. The average molecular weight is 263 g/mol. The number of carbonyl (C=O) groups excluding carboxylic acids is 1. The zero-order valence-corrected chi connectivity index (χ0v) is 11.0. The molecule has 0 amide bonds. The van der Waals surface area contributed by atoms with E-state index in [2.05, 4.69) is 21.6 Å². The van der Waals surface area contributed by atoms with E-state index in [9.17, 15) is 4.79 Å². The van der Waals surface area contributed by atoms with Gasteiger partial charge in [0, 0.05) is 29.6 Å². The molecule has 3 nitrogen and oxygen atoms in total. The number of benzene rings is 1. The molecule has 1 aromatic carbocycles. The minimum absolute atomic E-state index is 0.397. The molecule has 0 fully saturated rings. The highest BCUT2D eigenvalue weighted by atomic mass is 16.5. The lowest BCUT2D eigenvalue weighted by Gasteiger charge is -1.94. The molecular formula is C17H13NO2. The molecule has 2 aromatic rings. The lowest BCUT2D eigenvalue weighted by atomic mass is 10.1. The third-order valence-electron chi connectivity index (χ3n) is 2.50. The molecule has 98 valence electrons. The third kappa shape index (κ3) is 4.11. The molecule has 0 saturated heterocycles. The second kappa shape index (κ2) is 6.91. The van der Waals surface area contributed by atoms with Gasteiger partial charge in [-0.25, -0.2) is 4.79 Å². The van der Waals surface area contributed by atoms with Crippen molar-refractivity contribution in [2.75, 3.05) is 7.11 Å². The summed E-state index contributed by atoms with van der Waals surface area (Å²) in [6, 6.07) is 11.6. The Balaban J connectivity index is 2.17. The van der Waals surface area contributed by atoms with Gasteiger partial charge in [-0.2, -0.15) is 0 Å². The summed E-state index contributed by atoms with van der Waals surface area (Å²) in [5.41, 5.74) is 2.54. The van der Waals surface area contributed by atoms with Gasteiger partial charge in [-0.15, -0.1) is 0 Å². The topological polar surface area (TPSA) is 39.2 Å². The van der Waals surface area contributed by atoms with E-state index in [0.29, 0.717) is 0 Å². The molecule has 1 heterocycles. The Bertz CT molecular complexity index is 679. The van der Waals surface area contributed by atoms with Crippen LogP contribution in [-0.2, 0) is 9.53 Å². The first-order valence-electron chi connectivity index (χ1n) is 6.06. The minimum atomic E-state index is -0.397. The summed E-state index contributed by atoms with van der Waals surface area (Å²) >= 11 is 0. The minimum Gasteiger partial charge on any atom is -0.466 e. The molecule has 0 unspecified atom stereocenters. The molecule has 0 saturated carbocycles. The SMILES string of the molecule is COC(=O)C=Cc1cncc(C#Cc2ccccc2)c1. The van der Waals surface area contributed by atoms with Crippen molar-refractivity contribution < 1.29 is 9.53 Å². The fourth-order valence-corrected chi connectivity index (χ4v) is 1.52. The van der Waals surface area contributed by atoms with E-state index < -0.39 is 5.97 Å². The van der Waals surface area contributed by atoms with Gasteiger partial charge < -0.3 is 4.74 Å². The lowest BCUT2D eigenvalue weighted by molar-refractivity contribution is -0.134. The van der Waals surface area contributed by atoms with Gasteiger partial charge >= 0.3 is 5.97 Å². The van der Waals surface area contributed by atoms with Gasteiger partial charge in [0.25, 0.3) is 0 Å². The maximum Gasteiger partial charge on any atom is 0.330 e. The van der Waals surface area contributed by atoms with Gasteiger partial charge in [-0.3, -0.25) is 4.98 Å². The number of esters is 1. The third-order valence-corrected chi connectivity index (χ3v) is 2.50. The summed E-state index contributed by atoms with van der Waals surface area (Å²) in [5, 5.41) is 0. The molecular weight excluding hydrogens is 250 g/mol. The predicted molar refractivity (Wildman–Crippen MR) is 77.7 cm³/mol. The monoisotopic (exact) mass is 263 g/mol. The maximum atomic E-state index is 11.0. The Kier molecular flexibility index (Phi) is 4.69. The van der Waals surface area contributed by atoms with Crippen LogP contribution in [0.1, 0.15) is 16.7 Å². The summed E-state index contributed by atoms with van der Waals surface area (Å²) in [4.78, 5) is 15.1. The Morgan fingerprint density at radius 1 is 1.15 bits per heavy atom. The van der Waals surface area contributed by atoms with Gasteiger partial charge in [-0.05, 0) is 29.8 Å². The quantitative estimate of drug-likeness (QED) is 0.475. The Morgan fingerprint density at radius 3 is 2.65 bits per heavy atom. The van der Waals surface area contributed by atoms with E-state index in [1.807, 2.05) is 36.4 Å². The first-order chi connectivity index (χ1) is 9.78. The number of rotatable bonds is 2. The smallest absolute Gasteiger partial charge is 0.330 e. The van der Waals surface area contributed by atoms with Crippen LogP contribution in [0.3, 0.4) is 0 Å². The standard InChI is InChI=1S/C17H13NO2/c1-20-17(19)10-9-16-11-15(12-18-13-16)8-7-14-5-3-2-4-6-14/h2-6,9-13H,1H3. The molecule has 2 rings (SSSR count). The fourth-order valence-electron chi connectivity index (χ4n) is 1.52. The first kappa shape index (κ1) is 13.6. The van der Waals surface area contributed by atoms with Crippen molar-refractivity contribution in [2.24, 2.45) is 0 Å². The number of hydrogen-bond donors (Lipinski definition) is 0. The Labute approximate surface area is 117 Å².